The van der Waals surface area contributed by atoms with Crippen LogP contribution in [0.15, 0.2) is 18.5 Å². The number of ether oxygens (including phenoxy) is 1. The molecule has 0 aromatic carbocycles. The lowest BCUT2D eigenvalue weighted by Gasteiger charge is -2.15. The van der Waals surface area contributed by atoms with E-state index in [9.17, 15) is 0 Å². The molecule has 0 amide bonds. The smallest absolute Gasteiger partial charge is 0.222 e. The standard InChI is InChI=1S/C9H14ClN3O/c1-14-7-8(3-4-10)13-9-11-5-2-6-12-9/h2,5-6,8H,3-4,7H2,1H3,(H,11,12,13). The van der Waals surface area contributed by atoms with Gasteiger partial charge in [0.05, 0.1) is 12.6 Å². The Bertz CT molecular complexity index is 239. The maximum atomic E-state index is 5.66. The Kier molecular flexibility index (Phi) is 5.25. The van der Waals surface area contributed by atoms with Crippen molar-refractivity contribution >= 4 is 17.5 Å². The van der Waals surface area contributed by atoms with E-state index in [-0.39, 0.29) is 6.04 Å². The fourth-order valence-corrected chi connectivity index (χ4v) is 1.35. The van der Waals surface area contributed by atoms with Crippen LogP contribution in [-0.2, 0) is 4.74 Å². The first-order valence-electron chi connectivity index (χ1n) is 4.45. The van der Waals surface area contributed by atoms with Crippen molar-refractivity contribution in [2.24, 2.45) is 0 Å². The molecule has 0 spiro atoms. The Labute approximate surface area is 88.7 Å². The summed E-state index contributed by atoms with van der Waals surface area (Å²) in [5, 5.41) is 3.15. The van der Waals surface area contributed by atoms with Crippen molar-refractivity contribution in [2.45, 2.75) is 12.5 Å². The number of rotatable bonds is 6. The predicted molar refractivity (Wildman–Crippen MR) is 56.7 cm³/mol. The highest BCUT2D eigenvalue weighted by Gasteiger charge is 2.08. The van der Waals surface area contributed by atoms with Gasteiger partial charge in [-0.3, -0.25) is 0 Å². The minimum atomic E-state index is 0.167. The van der Waals surface area contributed by atoms with E-state index in [4.69, 9.17) is 16.3 Å². The van der Waals surface area contributed by atoms with Crippen molar-refractivity contribution in [1.29, 1.82) is 0 Å². The summed E-state index contributed by atoms with van der Waals surface area (Å²) in [6.45, 7) is 0.602. The third kappa shape index (κ3) is 3.89. The molecule has 1 aromatic rings. The van der Waals surface area contributed by atoms with Gasteiger partial charge >= 0.3 is 0 Å². The number of nitrogens with zero attached hydrogens (tertiary/aromatic N) is 2. The molecule has 0 aliphatic carbocycles. The van der Waals surface area contributed by atoms with Crippen molar-refractivity contribution < 1.29 is 4.74 Å². The molecule has 1 rings (SSSR count). The zero-order valence-electron chi connectivity index (χ0n) is 8.11. The van der Waals surface area contributed by atoms with Gasteiger partial charge in [0, 0.05) is 25.4 Å². The summed E-state index contributed by atoms with van der Waals surface area (Å²) in [6, 6.07) is 1.94. The molecule has 0 aliphatic rings. The van der Waals surface area contributed by atoms with E-state index in [1.807, 2.05) is 0 Å². The fourth-order valence-electron chi connectivity index (χ4n) is 1.09. The van der Waals surface area contributed by atoms with Crippen molar-refractivity contribution in [1.82, 2.24) is 9.97 Å². The minimum Gasteiger partial charge on any atom is -0.383 e. The summed E-state index contributed by atoms with van der Waals surface area (Å²) < 4.78 is 5.05. The van der Waals surface area contributed by atoms with Crippen molar-refractivity contribution in [3.8, 4) is 0 Å². The maximum Gasteiger partial charge on any atom is 0.222 e. The summed E-state index contributed by atoms with van der Waals surface area (Å²) in [5.41, 5.74) is 0. The lowest BCUT2D eigenvalue weighted by molar-refractivity contribution is 0.184. The summed E-state index contributed by atoms with van der Waals surface area (Å²) in [4.78, 5) is 8.12. The highest BCUT2D eigenvalue weighted by Crippen LogP contribution is 2.03. The Balaban J connectivity index is 2.46. The first-order valence-corrected chi connectivity index (χ1v) is 4.98. The first kappa shape index (κ1) is 11.2. The predicted octanol–water partition coefficient (Wildman–Crippen LogP) is 1.53. The van der Waals surface area contributed by atoms with E-state index in [0.717, 1.165) is 6.42 Å². The molecule has 0 saturated carbocycles. The molecule has 0 bridgehead atoms. The second kappa shape index (κ2) is 6.56. The molecule has 1 N–H and O–H groups in total. The molecular formula is C9H14ClN3O. The van der Waals surface area contributed by atoms with Crippen LogP contribution >= 0.6 is 11.6 Å². The van der Waals surface area contributed by atoms with Gasteiger partial charge in [-0.05, 0) is 12.5 Å². The van der Waals surface area contributed by atoms with Crippen LogP contribution in [0.3, 0.4) is 0 Å². The number of halogens is 1. The molecule has 4 nitrogen and oxygen atoms in total. The quantitative estimate of drug-likeness (QED) is 0.732. The van der Waals surface area contributed by atoms with Crippen molar-refractivity contribution in [3.05, 3.63) is 18.5 Å². The third-order valence-corrected chi connectivity index (χ3v) is 1.94. The van der Waals surface area contributed by atoms with Crippen LogP contribution in [0.25, 0.3) is 0 Å². The van der Waals surface area contributed by atoms with E-state index in [1.54, 1.807) is 25.6 Å². The number of nitrogens with one attached hydrogen (secondary N) is 1. The average molecular weight is 216 g/mol. The van der Waals surface area contributed by atoms with Crippen molar-refractivity contribution in [3.63, 3.8) is 0 Å². The van der Waals surface area contributed by atoms with Gasteiger partial charge in [0.1, 0.15) is 0 Å². The van der Waals surface area contributed by atoms with E-state index in [2.05, 4.69) is 15.3 Å². The molecule has 1 unspecified atom stereocenters. The highest BCUT2D eigenvalue weighted by atomic mass is 35.5. The van der Waals surface area contributed by atoms with Gasteiger partial charge in [0.2, 0.25) is 5.95 Å². The molecular weight excluding hydrogens is 202 g/mol. The molecule has 78 valence electrons. The summed E-state index contributed by atoms with van der Waals surface area (Å²) in [5.74, 6) is 1.20. The molecule has 0 fully saturated rings. The van der Waals surface area contributed by atoms with Gasteiger partial charge < -0.3 is 10.1 Å². The number of alkyl halides is 1. The number of aromatic nitrogens is 2. The van der Waals surface area contributed by atoms with Gasteiger partial charge in [-0.2, -0.15) is 0 Å². The molecule has 0 radical (unpaired) electrons. The summed E-state index contributed by atoms with van der Waals surface area (Å²) in [6.07, 6.45) is 4.22. The molecule has 1 atom stereocenters. The highest BCUT2D eigenvalue weighted by molar-refractivity contribution is 6.17. The summed E-state index contributed by atoms with van der Waals surface area (Å²) >= 11 is 5.66. The van der Waals surface area contributed by atoms with E-state index in [1.165, 1.54) is 0 Å². The zero-order chi connectivity index (χ0) is 10.2. The maximum absolute atomic E-state index is 5.66. The molecule has 5 heteroatoms. The van der Waals surface area contributed by atoms with Crippen LogP contribution < -0.4 is 5.32 Å². The zero-order valence-corrected chi connectivity index (χ0v) is 8.87. The second-order valence-corrected chi connectivity index (χ2v) is 3.22. The molecule has 1 aromatic heterocycles. The van der Waals surface area contributed by atoms with E-state index < -0.39 is 0 Å². The Morgan fingerprint density at radius 2 is 2.21 bits per heavy atom. The van der Waals surface area contributed by atoms with Gasteiger partial charge in [0.25, 0.3) is 0 Å². The van der Waals surface area contributed by atoms with Crippen LogP contribution in [0.2, 0.25) is 0 Å². The number of anilines is 1. The largest absolute Gasteiger partial charge is 0.383 e. The van der Waals surface area contributed by atoms with Gasteiger partial charge in [-0.25, -0.2) is 9.97 Å². The fraction of sp³-hybridized carbons (Fsp3) is 0.556. The second-order valence-electron chi connectivity index (χ2n) is 2.85. The van der Waals surface area contributed by atoms with E-state index in [0.29, 0.717) is 18.4 Å². The number of hydrogen-bond acceptors (Lipinski definition) is 4. The monoisotopic (exact) mass is 215 g/mol. The molecule has 14 heavy (non-hydrogen) atoms. The minimum absolute atomic E-state index is 0.167. The lowest BCUT2D eigenvalue weighted by atomic mass is 10.2. The average Bonchev–Trinajstić information content (AvgIpc) is 2.20. The Hall–Kier alpha value is -0.870. The topological polar surface area (TPSA) is 47.0 Å². The number of methoxy groups -OCH3 is 1. The van der Waals surface area contributed by atoms with Crippen LogP contribution in [0.5, 0.6) is 0 Å². The molecule has 0 aliphatic heterocycles. The molecule has 1 heterocycles. The van der Waals surface area contributed by atoms with Crippen molar-refractivity contribution in [2.75, 3.05) is 24.9 Å². The van der Waals surface area contributed by atoms with Gasteiger partial charge in [-0.15, -0.1) is 11.6 Å². The SMILES string of the molecule is COCC(CCCl)Nc1ncccn1. The van der Waals surface area contributed by atoms with Gasteiger partial charge in [0.15, 0.2) is 0 Å². The van der Waals surface area contributed by atoms with E-state index >= 15 is 0 Å². The lowest BCUT2D eigenvalue weighted by Crippen LogP contribution is -2.26. The first-order chi connectivity index (χ1) is 6.86. The Morgan fingerprint density at radius 3 is 2.79 bits per heavy atom. The van der Waals surface area contributed by atoms with Crippen LogP contribution in [-0.4, -0.2) is 35.6 Å². The van der Waals surface area contributed by atoms with Crippen LogP contribution in [0, 0.1) is 0 Å². The third-order valence-electron chi connectivity index (χ3n) is 1.72. The summed E-state index contributed by atoms with van der Waals surface area (Å²) in [7, 11) is 1.66. The van der Waals surface area contributed by atoms with Crippen LogP contribution in [0.4, 0.5) is 5.95 Å². The van der Waals surface area contributed by atoms with Crippen LogP contribution in [0.1, 0.15) is 6.42 Å². The molecule has 0 saturated heterocycles. The number of hydrogen-bond donors (Lipinski definition) is 1. The Morgan fingerprint density at radius 1 is 1.50 bits per heavy atom. The normalized spacial score (nSPS) is 12.4. The van der Waals surface area contributed by atoms with Gasteiger partial charge in [-0.1, -0.05) is 0 Å².